The number of hydrogen-bond acceptors (Lipinski definition) is 4. The maximum atomic E-state index is 13.1. The van der Waals surface area contributed by atoms with Gasteiger partial charge in [0.15, 0.2) is 0 Å². The van der Waals surface area contributed by atoms with Crippen molar-refractivity contribution in [1.29, 1.82) is 5.26 Å². The Morgan fingerprint density at radius 1 is 1.20 bits per heavy atom. The summed E-state index contributed by atoms with van der Waals surface area (Å²) in [6.45, 7) is 0.679. The highest BCUT2D eigenvalue weighted by atomic mass is 19.1. The molecule has 30 heavy (non-hydrogen) atoms. The summed E-state index contributed by atoms with van der Waals surface area (Å²) in [5.74, 6) is -0.212. The van der Waals surface area contributed by atoms with E-state index in [-0.39, 0.29) is 17.9 Å². The van der Waals surface area contributed by atoms with Crippen molar-refractivity contribution in [2.24, 2.45) is 0 Å². The Morgan fingerprint density at radius 2 is 2.00 bits per heavy atom. The first-order valence-electron chi connectivity index (χ1n) is 10.3. The fourth-order valence-corrected chi connectivity index (χ4v) is 3.63. The van der Waals surface area contributed by atoms with Gasteiger partial charge in [-0.15, -0.1) is 0 Å². The van der Waals surface area contributed by atoms with Crippen LogP contribution in [0.5, 0.6) is 0 Å². The van der Waals surface area contributed by atoms with E-state index in [4.69, 9.17) is 5.26 Å². The highest BCUT2D eigenvalue weighted by Gasteiger charge is 2.24. The summed E-state index contributed by atoms with van der Waals surface area (Å²) in [6.07, 6.45) is 5.09. The lowest BCUT2D eigenvalue weighted by atomic mass is 9.99. The number of halogens is 1. The minimum Gasteiger partial charge on any atom is -0.328 e. The van der Waals surface area contributed by atoms with Crippen LogP contribution in [0.25, 0.3) is 0 Å². The molecule has 2 amide bonds. The molecule has 1 aliphatic rings. The third kappa shape index (κ3) is 6.28. The number of anilines is 1. The second-order valence-corrected chi connectivity index (χ2v) is 7.72. The van der Waals surface area contributed by atoms with Crippen LogP contribution in [0.4, 0.5) is 14.9 Å². The van der Waals surface area contributed by atoms with E-state index < -0.39 is 0 Å². The van der Waals surface area contributed by atoms with Gasteiger partial charge in [-0.05, 0) is 55.2 Å². The molecule has 0 aromatic heterocycles. The van der Waals surface area contributed by atoms with Gasteiger partial charge in [-0.2, -0.15) is 5.26 Å². The molecule has 0 aliphatic carbocycles. The Balaban J connectivity index is 1.31. The Labute approximate surface area is 177 Å². The van der Waals surface area contributed by atoms with Gasteiger partial charge in [-0.3, -0.25) is 10.9 Å². The number of unbranched alkanes of at least 4 members (excludes halogenated alkanes) is 2. The van der Waals surface area contributed by atoms with Crippen molar-refractivity contribution >= 4 is 11.7 Å². The van der Waals surface area contributed by atoms with Crippen molar-refractivity contribution in [3.63, 3.8) is 0 Å². The molecule has 1 saturated heterocycles. The smallest absolute Gasteiger partial charge is 0.321 e. The molecule has 1 aliphatic heterocycles. The molecule has 0 spiro atoms. The van der Waals surface area contributed by atoms with Crippen LogP contribution in [-0.2, 0) is 0 Å². The van der Waals surface area contributed by atoms with E-state index in [2.05, 4.69) is 22.2 Å². The highest BCUT2D eigenvalue weighted by molar-refractivity contribution is 5.89. The second kappa shape index (κ2) is 10.7. The molecule has 1 heterocycles. The zero-order valence-electron chi connectivity index (χ0n) is 17.2. The van der Waals surface area contributed by atoms with Gasteiger partial charge in [0.1, 0.15) is 5.82 Å². The third-order valence-electron chi connectivity index (χ3n) is 5.39. The molecule has 1 fully saturated rings. The molecular formula is C23H28FN5O. The van der Waals surface area contributed by atoms with Gasteiger partial charge >= 0.3 is 6.03 Å². The minimum absolute atomic E-state index is 0.172. The van der Waals surface area contributed by atoms with Crippen molar-refractivity contribution in [3.8, 4) is 6.07 Å². The number of nitrogens with one attached hydrogen (secondary N) is 3. The predicted molar refractivity (Wildman–Crippen MR) is 115 cm³/mol. The maximum Gasteiger partial charge on any atom is 0.321 e. The number of hydrazine groups is 1. The van der Waals surface area contributed by atoms with Gasteiger partial charge in [0.25, 0.3) is 0 Å². The van der Waals surface area contributed by atoms with Gasteiger partial charge in [0.2, 0.25) is 0 Å². The monoisotopic (exact) mass is 409 g/mol. The van der Waals surface area contributed by atoms with Crippen molar-refractivity contribution in [2.75, 3.05) is 18.9 Å². The predicted octanol–water partition coefficient (Wildman–Crippen LogP) is 4.33. The molecule has 158 valence electrons. The molecule has 7 heteroatoms. The Hall–Kier alpha value is -2.95. The number of nitriles is 1. The Kier molecular flexibility index (Phi) is 7.77. The van der Waals surface area contributed by atoms with Crippen LogP contribution >= 0.6 is 0 Å². The second-order valence-electron chi connectivity index (χ2n) is 7.72. The Bertz CT molecular complexity index is 880. The van der Waals surface area contributed by atoms with Gasteiger partial charge in [-0.1, -0.05) is 31.0 Å². The molecule has 3 rings (SSSR count). The lowest BCUT2D eigenvalue weighted by Crippen LogP contribution is -2.32. The van der Waals surface area contributed by atoms with Crippen LogP contribution in [0.15, 0.2) is 48.5 Å². The molecule has 2 aromatic carbocycles. The first kappa shape index (κ1) is 21.8. The lowest BCUT2D eigenvalue weighted by Gasteiger charge is -2.18. The standard InChI is InChI=1S/C23H28FN5O/c1-29(23(30)26-20-8-5-6-17(14-20)16-25)13-4-2-3-7-21-15-22(28-27-21)18-9-11-19(24)12-10-18/h5-6,8-12,14,21-22,27-28H,2-4,7,13,15H2,1H3,(H,26,30). The summed E-state index contributed by atoms with van der Waals surface area (Å²) >= 11 is 0. The van der Waals surface area contributed by atoms with E-state index in [1.54, 1.807) is 36.2 Å². The largest absolute Gasteiger partial charge is 0.328 e. The lowest BCUT2D eigenvalue weighted by molar-refractivity contribution is 0.221. The molecule has 2 aromatic rings. The number of amides is 2. The normalized spacial score (nSPS) is 18.0. The molecule has 0 bridgehead atoms. The van der Waals surface area contributed by atoms with E-state index in [0.29, 0.717) is 23.8 Å². The summed E-state index contributed by atoms with van der Waals surface area (Å²) in [6, 6.07) is 16.0. The minimum atomic E-state index is -0.212. The maximum absolute atomic E-state index is 13.1. The van der Waals surface area contributed by atoms with Crippen molar-refractivity contribution in [3.05, 3.63) is 65.5 Å². The molecular weight excluding hydrogens is 381 g/mol. The van der Waals surface area contributed by atoms with Gasteiger partial charge in [0, 0.05) is 31.4 Å². The van der Waals surface area contributed by atoms with Crippen LogP contribution in [0.2, 0.25) is 0 Å². The number of carbonyl (C=O) groups is 1. The van der Waals surface area contributed by atoms with Crippen LogP contribution in [-0.4, -0.2) is 30.6 Å². The fraction of sp³-hybridized carbons (Fsp3) is 0.391. The van der Waals surface area contributed by atoms with Crippen LogP contribution in [0.1, 0.15) is 49.3 Å². The summed E-state index contributed by atoms with van der Waals surface area (Å²) < 4.78 is 13.1. The first-order chi connectivity index (χ1) is 14.5. The SMILES string of the molecule is CN(CCCCCC1CC(c2ccc(F)cc2)NN1)C(=O)Nc1cccc(C#N)c1. The average molecular weight is 410 g/mol. The van der Waals surface area contributed by atoms with Gasteiger partial charge in [0.05, 0.1) is 11.6 Å². The third-order valence-corrected chi connectivity index (χ3v) is 5.39. The van der Waals surface area contributed by atoms with Crippen molar-refractivity contribution in [1.82, 2.24) is 15.8 Å². The van der Waals surface area contributed by atoms with E-state index in [9.17, 15) is 9.18 Å². The molecule has 0 radical (unpaired) electrons. The Morgan fingerprint density at radius 3 is 2.77 bits per heavy atom. The summed E-state index contributed by atoms with van der Waals surface area (Å²) in [4.78, 5) is 13.9. The number of rotatable bonds is 8. The first-order valence-corrected chi connectivity index (χ1v) is 10.3. The number of urea groups is 1. The van der Waals surface area contributed by atoms with Crippen LogP contribution < -0.4 is 16.2 Å². The van der Waals surface area contributed by atoms with Gasteiger partial charge < -0.3 is 10.2 Å². The molecule has 6 nitrogen and oxygen atoms in total. The highest BCUT2D eigenvalue weighted by Crippen LogP contribution is 2.24. The number of nitrogens with zero attached hydrogens (tertiary/aromatic N) is 2. The summed E-state index contributed by atoms with van der Waals surface area (Å²) in [5, 5.41) is 11.8. The zero-order chi connectivity index (χ0) is 21.3. The van der Waals surface area contributed by atoms with Crippen molar-refractivity contribution in [2.45, 2.75) is 44.2 Å². The molecule has 2 unspecified atom stereocenters. The number of hydrogen-bond donors (Lipinski definition) is 3. The quantitative estimate of drug-likeness (QED) is 0.567. The van der Waals surface area contributed by atoms with E-state index in [0.717, 1.165) is 37.7 Å². The van der Waals surface area contributed by atoms with Crippen LogP contribution in [0.3, 0.4) is 0 Å². The number of benzene rings is 2. The average Bonchev–Trinajstić information content (AvgIpc) is 3.23. The van der Waals surface area contributed by atoms with E-state index in [1.807, 2.05) is 12.1 Å². The molecule has 3 N–H and O–H groups in total. The molecule has 0 saturated carbocycles. The topological polar surface area (TPSA) is 80.2 Å². The molecule has 2 atom stereocenters. The number of carbonyl (C=O) groups excluding carboxylic acids is 1. The zero-order valence-corrected chi connectivity index (χ0v) is 17.2. The van der Waals surface area contributed by atoms with E-state index in [1.165, 1.54) is 12.1 Å². The van der Waals surface area contributed by atoms with Gasteiger partial charge in [-0.25, -0.2) is 9.18 Å². The summed E-state index contributed by atoms with van der Waals surface area (Å²) in [5.41, 5.74) is 8.87. The van der Waals surface area contributed by atoms with E-state index >= 15 is 0 Å². The van der Waals surface area contributed by atoms with Crippen LogP contribution in [0, 0.1) is 17.1 Å². The summed E-state index contributed by atoms with van der Waals surface area (Å²) in [7, 11) is 1.78. The van der Waals surface area contributed by atoms with Crippen molar-refractivity contribution < 1.29 is 9.18 Å². The fourth-order valence-electron chi connectivity index (χ4n) is 3.63.